The minimum Gasteiger partial charge on any atom is -0.497 e. The van der Waals surface area contributed by atoms with E-state index in [1.54, 1.807) is 19.2 Å². The molecule has 0 aliphatic heterocycles. The highest BCUT2D eigenvalue weighted by Gasteiger charge is 2.09. The van der Waals surface area contributed by atoms with Crippen molar-refractivity contribution in [2.45, 2.75) is 6.54 Å². The van der Waals surface area contributed by atoms with Gasteiger partial charge in [0.2, 0.25) is 5.91 Å². The van der Waals surface area contributed by atoms with Gasteiger partial charge in [-0.15, -0.1) is 0 Å². The topological polar surface area (TPSA) is 41.6 Å². The number of para-hydroxylation sites is 1. The van der Waals surface area contributed by atoms with Crippen molar-refractivity contribution in [1.29, 1.82) is 0 Å². The molecule has 22 heavy (non-hydrogen) atoms. The van der Waals surface area contributed by atoms with Crippen LogP contribution in [0.2, 0.25) is 0 Å². The molecule has 1 N–H and O–H groups in total. The zero-order valence-corrected chi connectivity index (χ0v) is 12.7. The summed E-state index contributed by atoms with van der Waals surface area (Å²) >= 11 is 0. The number of carbonyl (C=O) groups is 1. The van der Waals surface area contributed by atoms with Gasteiger partial charge in [0.25, 0.3) is 0 Å². The average molecular weight is 302 g/mol. The van der Waals surface area contributed by atoms with Crippen LogP contribution in [0.15, 0.2) is 48.5 Å². The summed E-state index contributed by atoms with van der Waals surface area (Å²) in [6.07, 6.45) is 0. The minimum absolute atomic E-state index is 0.181. The summed E-state index contributed by atoms with van der Waals surface area (Å²) in [4.78, 5) is 13.8. The highest BCUT2D eigenvalue weighted by molar-refractivity contribution is 5.92. The summed E-state index contributed by atoms with van der Waals surface area (Å²) in [5, 5.41) is 2.57. The van der Waals surface area contributed by atoms with E-state index in [9.17, 15) is 9.18 Å². The molecule has 116 valence electrons. The predicted molar refractivity (Wildman–Crippen MR) is 84.4 cm³/mol. The molecule has 0 unspecified atom stereocenters. The Morgan fingerprint density at radius 3 is 2.50 bits per heavy atom. The van der Waals surface area contributed by atoms with Gasteiger partial charge >= 0.3 is 0 Å². The number of nitrogens with one attached hydrogen (secondary N) is 1. The van der Waals surface area contributed by atoms with E-state index in [0.29, 0.717) is 6.54 Å². The summed E-state index contributed by atoms with van der Waals surface area (Å²) in [6, 6.07) is 13.8. The quantitative estimate of drug-likeness (QED) is 0.892. The van der Waals surface area contributed by atoms with Crippen LogP contribution in [0, 0.1) is 5.82 Å². The lowest BCUT2D eigenvalue weighted by Crippen LogP contribution is -2.30. The number of rotatable bonds is 6. The van der Waals surface area contributed by atoms with Crippen molar-refractivity contribution in [3.05, 3.63) is 59.9 Å². The molecular formula is C17H19FN2O2. The first-order valence-electron chi connectivity index (χ1n) is 6.94. The second kappa shape index (κ2) is 7.56. The highest BCUT2D eigenvalue weighted by atomic mass is 19.1. The maximum atomic E-state index is 13.5. The molecule has 0 aromatic heterocycles. The lowest BCUT2D eigenvalue weighted by molar-refractivity contribution is -0.117. The van der Waals surface area contributed by atoms with Crippen molar-refractivity contribution in [3.8, 4) is 5.75 Å². The maximum Gasteiger partial charge on any atom is 0.238 e. The molecule has 2 aromatic rings. The van der Waals surface area contributed by atoms with Gasteiger partial charge in [0.05, 0.1) is 19.3 Å². The minimum atomic E-state index is -0.436. The molecule has 0 bridgehead atoms. The number of halogens is 1. The Bertz CT molecular complexity index is 629. The molecule has 2 aromatic carbocycles. The summed E-state index contributed by atoms with van der Waals surface area (Å²) in [6.45, 7) is 0.801. The van der Waals surface area contributed by atoms with Crippen LogP contribution in [0.5, 0.6) is 5.75 Å². The van der Waals surface area contributed by atoms with Crippen molar-refractivity contribution in [2.75, 3.05) is 26.0 Å². The van der Waals surface area contributed by atoms with Crippen LogP contribution in [0.25, 0.3) is 0 Å². The summed E-state index contributed by atoms with van der Waals surface area (Å²) in [5.41, 5.74) is 1.27. The summed E-state index contributed by atoms with van der Waals surface area (Å²) in [7, 11) is 3.46. The van der Waals surface area contributed by atoms with Gasteiger partial charge in [0, 0.05) is 6.54 Å². The third-order valence-corrected chi connectivity index (χ3v) is 3.17. The van der Waals surface area contributed by atoms with Crippen LogP contribution in [-0.4, -0.2) is 31.5 Å². The molecule has 0 saturated heterocycles. The number of likely N-dealkylation sites (N-methyl/N-ethyl adjacent to an activating group) is 1. The lowest BCUT2D eigenvalue weighted by atomic mass is 10.2. The number of methoxy groups -OCH3 is 1. The fourth-order valence-electron chi connectivity index (χ4n) is 2.10. The number of benzene rings is 2. The van der Waals surface area contributed by atoms with E-state index in [0.717, 1.165) is 11.3 Å². The van der Waals surface area contributed by atoms with E-state index >= 15 is 0 Å². The fraction of sp³-hybridized carbons (Fsp3) is 0.235. The Morgan fingerprint density at radius 2 is 1.86 bits per heavy atom. The number of hydrogen-bond acceptors (Lipinski definition) is 3. The molecule has 0 aliphatic carbocycles. The number of carbonyl (C=O) groups excluding carboxylic acids is 1. The predicted octanol–water partition coefficient (Wildman–Crippen LogP) is 2.90. The first-order chi connectivity index (χ1) is 10.6. The first kappa shape index (κ1) is 16.0. The average Bonchev–Trinajstić information content (AvgIpc) is 2.50. The number of hydrogen-bond donors (Lipinski definition) is 1. The van der Waals surface area contributed by atoms with Gasteiger partial charge in [-0.3, -0.25) is 9.69 Å². The smallest absolute Gasteiger partial charge is 0.238 e. The number of amides is 1. The fourth-order valence-corrected chi connectivity index (χ4v) is 2.10. The number of ether oxygens (including phenoxy) is 1. The van der Waals surface area contributed by atoms with E-state index in [1.165, 1.54) is 12.1 Å². The van der Waals surface area contributed by atoms with Gasteiger partial charge in [-0.2, -0.15) is 0 Å². The van der Waals surface area contributed by atoms with Crippen LogP contribution in [0.3, 0.4) is 0 Å². The normalized spacial score (nSPS) is 10.5. The standard InChI is InChI=1S/C17H19FN2O2/c1-20(11-13-7-9-14(22-2)10-8-13)12-17(21)19-16-6-4-3-5-15(16)18/h3-10H,11-12H2,1-2H3,(H,19,21). The SMILES string of the molecule is COc1ccc(CN(C)CC(=O)Nc2ccccc2F)cc1. The molecule has 0 spiro atoms. The molecule has 0 radical (unpaired) electrons. The van der Waals surface area contributed by atoms with E-state index in [-0.39, 0.29) is 18.1 Å². The van der Waals surface area contributed by atoms with E-state index in [2.05, 4.69) is 5.32 Å². The van der Waals surface area contributed by atoms with E-state index in [1.807, 2.05) is 36.2 Å². The highest BCUT2D eigenvalue weighted by Crippen LogP contribution is 2.14. The molecule has 1 amide bonds. The van der Waals surface area contributed by atoms with Crippen molar-refractivity contribution >= 4 is 11.6 Å². The molecule has 4 nitrogen and oxygen atoms in total. The van der Waals surface area contributed by atoms with Crippen LogP contribution >= 0.6 is 0 Å². The second-order valence-corrected chi connectivity index (χ2v) is 5.05. The Balaban J connectivity index is 1.87. The Morgan fingerprint density at radius 1 is 1.18 bits per heavy atom. The third kappa shape index (κ3) is 4.56. The van der Waals surface area contributed by atoms with Crippen molar-refractivity contribution < 1.29 is 13.9 Å². The second-order valence-electron chi connectivity index (χ2n) is 5.05. The lowest BCUT2D eigenvalue weighted by Gasteiger charge is -2.16. The van der Waals surface area contributed by atoms with E-state index < -0.39 is 5.82 Å². The van der Waals surface area contributed by atoms with Crippen LogP contribution in [0.1, 0.15) is 5.56 Å². The number of anilines is 1. The zero-order valence-electron chi connectivity index (χ0n) is 12.7. The summed E-state index contributed by atoms with van der Waals surface area (Å²) in [5.74, 6) is 0.110. The van der Waals surface area contributed by atoms with Gasteiger partial charge < -0.3 is 10.1 Å². The van der Waals surface area contributed by atoms with Crippen LogP contribution in [-0.2, 0) is 11.3 Å². The van der Waals surface area contributed by atoms with Gasteiger partial charge in [0.15, 0.2) is 0 Å². The molecule has 0 fully saturated rings. The Labute approximate surface area is 129 Å². The van der Waals surface area contributed by atoms with Gasteiger partial charge in [-0.1, -0.05) is 24.3 Å². The molecular weight excluding hydrogens is 283 g/mol. The Kier molecular flexibility index (Phi) is 5.49. The van der Waals surface area contributed by atoms with Gasteiger partial charge in [-0.05, 0) is 36.9 Å². The first-order valence-corrected chi connectivity index (χ1v) is 6.94. The summed E-state index contributed by atoms with van der Waals surface area (Å²) < 4.78 is 18.6. The monoisotopic (exact) mass is 302 g/mol. The van der Waals surface area contributed by atoms with Crippen LogP contribution < -0.4 is 10.1 Å². The van der Waals surface area contributed by atoms with Crippen molar-refractivity contribution in [2.24, 2.45) is 0 Å². The molecule has 0 saturated carbocycles. The maximum absolute atomic E-state index is 13.5. The Hall–Kier alpha value is -2.40. The zero-order chi connectivity index (χ0) is 15.9. The third-order valence-electron chi connectivity index (χ3n) is 3.17. The molecule has 2 rings (SSSR count). The van der Waals surface area contributed by atoms with Crippen molar-refractivity contribution in [1.82, 2.24) is 4.90 Å². The molecule has 0 heterocycles. The molecule has 0 atom stereocenters. The molecule has 0 aliphatic rings. The van der Waals surface area contributed by atoms with Gasteiger partial charge in [0.1, 0.15) is 11.6 Å². The number of nitrogens with zero attached hydrogens (tertiary/aromatic N) is 1. The van der Waals surface area contributed by atoms with Crippen molar-refractivity contribution in [3.63, 3.8) is 0 Å². The van der Waals surface area contributed by atoms with Crippen LogP contribution in [0.4, 0.5) is 10.1 Å². The van der Waals surface area contributed by atoms with E-state index in [4.69, 9.17) is 4.74 Å². The molecule has 5 heteroatoms. The van der Waals surface area contributed by atoms with Gasteiger partial charge in [-0.25, -0.2) is 4.39 Å². The largest absolute Gasteiger partial charge is 0.497 e.